The van der Waals surface area contributed by atoms with Crippen LogP contribution in [0.5, 0.6) is 0 Å². The Balaban J connectivity index is 2.78. The zero-order valence-electron chi connectivity index (χ0n) is 8.42. The predicted molar refractivity (Wildman–Crippen MR) is 58.0 cm³/mol. The summed E-state index contributed by atoms with van der Waals surface area (Å²) >= 11 is 1.66. The van der Waals surface area contributed by atoms with Crippen molar-refractivity contribution in [2.45, 2.75) is 45.1 Å². The maximum Gasteiger partial charge on any atom is 0.0987 e. The van der Waals surface area contributed by atoms with Gasteiger partial charge in [0.15, 0.2) is 0 Å². The Bertz CT molecular complexity index is 222. The Morgan fingerprint density at radius 2 is 1.92 bits per heavy atom. The van der Waals surface area contributed by atoms with Crippen molar-refractivity contribution in [3.63, 3.8) is 0 Å². The van der Waals surface area contributed by atoms with Crippen molar-refractivity contribution >= 4 is 11.3 Å². The highest BCUT2D eigenvalue weighted by atomic mass is 32.1. The Hall–Kier alpha value is -0.340. The highest BCUT2D eigenvalue weighted by Crippen LogP contribution is 2.34. The molecule has 1 nitrogen and oxygen atoms in total. The largest absolute Gasteiger partial charge is 0.384 e. The summed E-state index contributed by atoms with van der Waals surface area (Å²) in [5.74, 6) is 0. The molecule has 0 aromatic carbocycles. The first-order valence-electron chi connectivity index (χ1n) is 4.99. The Labute approximate surface area is 84.4 Å². The van der Waals surface area contributed by atoms with Gasteiger partial charge in [-0.1, -0.05) is 32.8 Å². The molecule has 13 heavy (non-hydrogen) atoms. The standard InChI is InChI=1S/C11H18OS/c1-3-7-11(12,8-4-2)10-6-5-9-13-10/h5-6,9,12H,3-4,7-8H2,1-2H3. The second-order valence-electron chi connectivity index (χ2n) is 3.51. The molecule has 0 atom stereocenters. The van der Waals surface area contributed by atoms with Crippen molar-refractivity contribution in [3.05, 3.63) is 22.4 Å². The van der Waals surface area contributed by atoms with Gasteiger partial charge in [-0.15, -0.1) is 11.3 Å². The average Bonchev–Trinajstić information content (AvgIpc) is 2.57. The van der Waals surface area contributed by atoms with Crippen LogP contribution in [0.15, 0.2) is 17.5 Å². The lowest BCUT2D eigenvalue weighted by molar-refractivity contribution is 0.0206. The van der Waals surface area contributed by atoms with E-state index in [1.165, 1.54) is 0 Å². The molecule has 1 heterocycles. The minimum Gasteiger partial charge on any atom is -0.384 e. The molecule has 74 valence electrons. The van der Waals surface area contributed by atoms with Crippen LogP contribution in [0.1, 0.15) is 44.4 Å². The monoisotopic (exact) mass is 198 g/mol. The van der Waals surface area contributed by atoms with Gasteiger partial charge in [-0.3, -0.25) is 0 Å². The minimum atomic E-state index is -0.558. The van der Waals surface area contributed by atoms with E-state index >= 15 is 0 Å². The van der Waals surface area contributed by atoms with Crippen molar-refractivity contribution < 1.29 is 5.11 Å². The van der Waals surface area contributed by atoms with E-state index < -0.39 is 5.60 Å². The van der Waals surface area contributed by atoms with Crippen LogP contribution in [0.25, 0.3) is 0 Å². The zero-order valence-corrected chi connectivity index (χ0v) is 9.23. The summed E-state index contributed by atoms with van der Waals surface area (Å²) in [5, 5.41) is 12.4. The Morgan fingerprint density at radius 3 is 2.31 bits per heavy atom. The number of hydrogen-bond donors (Lipinski definition) is 1. The van der Waals surface area contributed by atoms with Crippen molar-refractivity contribution in [1.29, 1.82) is 0 Å². The normalized spacial score (nSPS) is 11.9. The minimum absolute atomic E-state index is 0.558. The fourth-order valence-electron chi connectivity index (χ4n) is 1.74. The van der Waals surface area contributed by atoms with E-state index in [1.807, 2.05) is 17.5 Å². The van der Waals surface area contributed by atoms with Gasteiger partial charge in [-0.05, 0) is 24.3 Å². The second kappa shape index (κ2) is 4.77. The number of rotatable bonds is 5. The van der Waals surface area contributed by atoms with Gasteiger partial charge in [-0.2, -0.15) is 0 Å². The van der Waals surface area contributed by atoms with Crippen LogP contribution in [-0.2, 0) is 5.60 Å². The van der Waals surface area contributed by atoms with Gasteiger partial charge in [0.1, 0.15) is 0 Å². The zero-order chi connectivity index (χ0) is 9.73. The van der Waals surface area contributed by atoms with Crippen LogP contribution >= 0.6 is 11.3 Å². The summed E-state index contributed by atoms with van der Waals surface area (Å²) in [6.07, 6.45) is 3.82. The molecule has 0 bridgehead atoms. The van der Waals surface area contributed by atoms with Gasteiger partial charge >= 0.3 is 0 Å². The fourth-order valence-corrected chi connectivity index (χ4v) is 2.63. The SMILES string of the molecule is CCCC(O)(CCC)c1cccs1. The molecule has 0 aliphatic rings. The molecular formula is C11H18OS. The van der Waals surface area contributed by atoms with E-state index in [1.54, 1.807) is 11.3 Å². The summed E-state index contributed by atoms with van der Waals surface area (Å²) in [6, 6.07) is 4.05. The van der Waals surface area contributed by atoms with E-state index in [4.69, 9.17) is 0 Å². The third kappa shape index (κ3) is 2.55. The highest BCUT2D eigenvalue weighted by Gasteiger charge is 2.27. The summed E-state index contributed by atoms with van der Waals surface area (Å²) in [4.78, 5) is 1.12. The molecule has 0 radical (unpaired) electrons. The van der Waals surface area contributed by atoms with E-state index in [0.29, 0.717) is 0 Å². The lowest BCUT2D eigenvalue weighted by Crippen LogP contribution is -2.23. The van der Waals surface area contributed by atoms with Crippen LogP contribution in [0.2, 0.25) is 0 Å². The first-order chi connectivity index (χ1) is 6.23. The molecule has 1 aromatic heterocycles. The maximum absolute atomic E-state index is 10.4. The van der Waals surface area contributed by atoms with E-state index in [9.17, 15) is 5.11 Å². The van der Waals surface area contributed by atoms with Crippen LogP contribution in [0.4, 0.5) is 0 Å². The molecule has 0 aliphatic carbocycles. The highest BCUT2D eigenvalue weighted by molar-refractivity contribution is 7.10. The van der Waals surface area contributed by atoms with E-state index in [0.717, 1.165) is 30.6 Å². The molecule has 1 aromatic rings. The van der Waals surface area contributed by atoms with Gasteiger partial charge in [0.25, 0.3) is 0 Å². The second-order valence-corrected chi connectivity index (χ2v) is 4.46. The third-order valence-corrected chi connectivity index (χ3v) is 3.37. The lowest BCUT2D eigenvalue weighted by Gasteiger charge is -2.26. The molecule has 2 heteroatoms. The molecule has 0 saturated heterocycles. The van der Waals surface area contributed by atoms with Gasteiger partial charge in [0, 0.05) is 4.88 Å². The van der Waals surface area contributed by atoms with Crippen molar-refractivity contribution in [1.82, 2.24) is 0 Å². The molecule has 0 saturated carbocycles. The van der Waals surface area contributed by atoms with Crippen molar-refractivity contribution in [2.75, 3.05) is 0 Å². The van der Waals surface area contributed by atoms with Gasteiger partial charge in [-0.25, -0.2) is 0 Å². The molecule has 0 amide bonds. The maximum atomic E-state index is 10.4. The molecule has 0 spiro atoms. The summed E-state index contributed by atoms with van der Waals surface area (Å²) in [6.45, 7) is 4.24. The summed E-state index contributed by atoms with van der Waals surface area (Å²) < 4.78 is 0. The van der Waals surface area contributed by atoms with Gasteiger partial charge < -0.3 is 5.11 Å². The smallest absolute Gasteiger partial charge is 0.0987 e. The average molecular weight is 198 g/mol. The molecule has 1 rings (SSSR count). The van der Waals surface area contributed by atoms with Gasteiger partial charge in [0.05, 0.1) is 5.60 Å². The molecule has 0 fully saturated rings. The first kappa shape index (κ1) is 10.7. The van der Waals surface area contributed by atoms with Crippen LogP contribution in [0, 0.1) is 0 Å². The fraction of sp³-hybridized carbons (Fsp3) is 0.636. The molecular weight excluding hydrogens is 180 g/mol. The van der Waals surface area contributed by atoms with E-state index in [-0.39, 0.29) is 0 Å². The third-order valence-electron chi connectivity index (χ3n) is 2.31. The van der Waals surface area contributed by atoms with Crippen molar-refractivity contribution in [2.24, 2.45) is 0 Å². The van der Waals surface area contributed by atoms with E-state index in [2.05, 4.69) is 13.8 Å². The molecule has 0 unspecified atom stereocenters. The number of hydrogen-bond acceptors (Lipinski definition) is 2. The quantitative estimate of drug-likeness (QED) is 0.767. The van der Waals surface area contributed by atoms with Crippen LogP contribution in [0.3, 0.4) is 0 Å². The first-order valence-corrected chi connectivity index (χ1v) is 5.87. The van der Waals surface area contributed by atoms with Crippen LogP contribution in [-0.4, -0.2) is 5.11 Å². The topological polar surface area (TPSA) is 20.2 Å². The van der Waals surface area contributed by atoms with Crippen LogP contribution < -0.4 is 0 Å². The lowest BCUT2D eigenvalue weighted by atomic mass is 9.91. The Kier molecular flexibility index (Phi) is 3.94. The van der Waals surface area contributed by atoms with Gasteiger partial charge in [0.2, 0.25) is 0 Å². The summed E-state index contributed by atoms with van der Waals surface area (Å²) in [5.41, 5.74) is -0.558. The van der Waals surface area contributed by atoms with Crippen molar-refractivity contribution in [3.8, 4) is 0 Å². The predicted octanol–water partition coefficient (Wildman–Crippen LogP) is 3.54. The number of thiophene rings is 1. The molecule has 1 N–H and O–H groups in total. The molecule has 0 aliphatic heterocycles. The Morgan fingerprint density at radius 1 is 1.31 bits per heavy atom. The summed E-state index contributed by atoms with van der Waals surface area (Å²) in [7, 11) is 0. The number of aliphatic hydroxyl groups is 1.